The average molecular weight is 621 g/mol. The Morgan fingerprint density at radius 3 is 1.77 bits per heavy atom. The molecule has 0 radical (unpaired) electrons. The monoisotopic (exact) mass is 620 g/mol. The lowest BCUT2D eigenvalue weighted by molar-refractivity contribution is -0.139. The number of halogens is 1. The predicted octanol–water partition coefficient (Wildman–Crippen LogP) is 7.15. The summed E-state index contributed by atoms with van der Waals surface area (Å²) in [5.41, 5.74) is 1.55. The Balaban J connectivity index is 1.42. The number of benzene rings is 3. The fourth-order valence-electron chi connectivity index (χ4n) is 3.67. The normalized spacial score (nSPS) is 10.3. The van der Waals surface area contributed by atoms with E-state index in [-0.39, 0.29) is 33.8 Å². The molecule has 0 fully saturated rings. The number of unbranched alkanes of at least 4 members (excludes halogenated alkanes) is 3. The van der Waals surface area contributed by atoms with Gasteiger partial charge in [-0.15, -0.1) is 0 Å². The molecule has 0 heterocycles. The van der Waals surface area contributed by atoms with Crippen molar-refractivity contribution >= 4 is 35.5 Å². The third kappa shape index (κ3) is 10.7. The summed E-state index contributed by atoms with van der Waals surface area (Å²) in [5, 5.41) is -0.265. The first-order valence-electron chi connectivity index (χ1n) is 13.8. The largest absolute Gasteiger partial charge is 0.494 e. The fraction of sp³-hybridized carbons (Fsp3) is 0.235. The van der Waals surface area contributed by atoms with Crippen molar-refractivity contribution in [2.24, 2.45) is 0 Å². The van der Waals surface area contributed by atoms with Crippen LogP contribution >= 0.6 is 11.6 Å². The second-order valence-electron chi connectivity index (χ2n) is 9.73. The zero-order chi connectivity index (χ0) is 32.1. The highest BCUT2D eigenvalue weighted by atomic mass is 35.5. The number of esters is 4. The summed E-state index contributed by atoms with van der Waals surface area (Å²) in [6.45, 7) is 11.1. The van der Waals surface area contributed by atoms with Crippen molar-refractivity contribution in [2.75, 3.05) is 13.2 Å². The van der Waals surface area contributed by atoms with Crippen molar-refractivity contribution in [1.29, 1.82) is 0 Å². The Hall–Kier alpha value is -4.89. The highest BCUT2D eigenvalue weighted by Crippen LogP contribution is 2.26. The molecular weight excluding hydrogens is 588 g/mol. The molecule has 0 spiro atoms. The zero-order valence-electron chi connectivity index (χ0n) is 24.6. The van der Waals surface area contributed by atoms with E-state index in [1.807, 2.05) is 0 Å². The Kier molecular flexibility index (Phi) is 12.7. The zero-order valence-corrected chi connectivity index (χ0v) is 25.3. The summed E-state index contributed by atoms with van der Waals surface area (Å²) in [7, 11) is 0. The van der Waals surface area contributed by atoms with E-state index in [2.05, 4.69) is 13.2 Å². The number of hydrogen-bond acceptors (Lipinski definition) is 9. The lowest BCUT2D eigenvalue weighted by atomic mass is 10.2. The first-order valence-corrected chi connectivity index (χ1v) is 14.2. The van der Waals surface area contributed by atoms with Gasteiger partial charge in [-0.1, -0.05) is 24.8 Å². The van der Waals surface area contributed by atoms with Gasteiger partial charge in [0.25, 0.3) is 0 Å². The molecule has 3 aromatic carbocycles. The highest BCUT2D eigenvalue weighted by Gasteiger charge is 2.15. The van der Waals surface area contributed by atoms with Crippen LogP contribution in [0.15, 0.2) is 90.5 Å². The van der Waals surface area contributed by atoms with Gasteiger partial charge >= 0.3 is 23.9 Å². The van der Waals surface area contributed by atoms with E-state index < -0.39 is 17.9 Å². The number of aryl methyl sites for hydroxylation is 1. The van der Waals surface area contributed by atoms with Crippen molar-refractivity contribution in [3.63, 3.8) is 0 Å². The van der Waals surface area contributed by atoms with Crippen LogP contribution in [0.1, 0.15) is 58.9 Å². The molecule has 0 aliphatic rings. The van der Waals surface area contributed by atoms with Gasteiger partial charge in [0, 0.05) is 5.57 Å². The Morgan fingerprint density at radius 1 is 0.659 bits per heavy atom. The maximum absolute atomic E-state index is 12.7. The molecule has 0 bridgehead atoms. The second-order valence-corrected chi connectivity index (χ2v) is 10.2. The molecule has 0 N–H and O–H groups in total. The molecule has 0 atom stereocenters. The van der Waals surface area contributed by atoms with Crippen LogP contribution in [-0.2, 0) is 14.3 Å². The molecule has 0 unspecified atom stereocenters. The maximum Gasteiger partial charge on any atom is 0.354 e. The van der Waals surface area contributed by atoms with Gasteiger partial charge in [0.15, 0.2) is 0 Å². The van der Waals surface area contributed by atoms with Crippen molar-refractivity contribution in [3.8, 4) is 23.0 Å². The fourth-order valence-corrected chi connectivity index (χ4v) is 3.71. The summed E-state index contributed by atoms with van der Waals surface area (Å²) in [6.07, 6.45) is 3.48. The summed E-state index contributed by atoms with van der Waals surface area (Å²) < 4.78 is 26.8. The predicted molar refractivity (Wildman–Crippen MR) is 164 cm³/mol. The molecule has 0 aliphatic carbocycles. The highest BCUT2D eigenvalue weighted by molar-refractivity contribution is 6.41. The van der Waals surface area contributed by atoms with Crippen LogP contribution in [0.5, 0.6) is 23.0 Å². The SMILES string of the molecule is C=C(C)C(=O)OCCCCCCOc1ccc(C(=O)Oc2ccc(OC(=O)c3ccc(OC(=O)C(=C)Cl)cc3)c(C)c2)cc1. The average Bonchev–Trinajstić information content (AvgIpc) is 3.00. The van der Waals surface area contributed by atoms with E-state index in [1.54, 1.807) is 44.2 Å². The van der Waals surface area contributed by atoms with E-state index in [9.17, 15) is 19.2 Å². The molecule has 0 aromatic heterocycles. The van der Waals surface area contributed by atoms with Crippen molar-refractivity contribution in [2.45, 2.75) is 39.5 Å². The minimum atomic E-state index is -0.791. The minimum Gasteiger partial charge on any atom is -0.494 e. The van der Waals surface area contributed by atoms with Crippen molar-refractivity contribution in [3.05, 3.63) is 107 Å². The number of carbonyl (C=O) groups excluding carboxylic acids is 4. The Morgan fingerprint density at radius 2 is 1.20 bits per heavy atom. The first kappa shape index (κ1) is 33.6. The molecule has 3 aromatic rings. The third-order valence-electron chi connectivity index (χ3n) is 6.06. The van der Waals surface area contributed by atoms with Crippen molar-refractivity contribution in [1.82, 2.24) is 0 Å². The number of hydrogen-bond donors (Lipinski definition) is 0. The van der Waals surface area contributed by atoms with Crippen molar-refractivity contribution < 1.29 is 42.9 Å². The lowest BCUT2D eigenvalue weighted by Gasteiger charge is -2.11. The van der Waals surface area contributed by atoms with Gasteiger partial charge in [-0.05, 0) is 112 Å². The van der Waals surface area contributed by atoms with Gasteiger partial charge in [-0.2, -0.15) is 0 Å². The molecule has 44 heavy (non-hydrogen) atoms. The van der Waals surface area contributed by atoms with Gasteiger partial charge in [-0.3, -0.25) is 0 Å². The van der Waals surface area contributed by atoms with Crippen LogP contribution in [0.2, 0.25) is 0 Å². The number of ether oxygens (including phenoxy) is 5. The van der Waals surface area contributed by atoms with E-state index in [1.165, 1.54) is 36.4 Å². The van der Waals surface area contributed by atoms with Crippen LogP contribution in [0.4, 0.5) is 0 Å². The second kappa shape index (κ2) is 16.7. The molecule has 230 valence electrons. The van der Waals surface area contributed by atoms with Gasteiger partial charge in [0.1, 0.15) is 28.0 Å². The van der Waals surface area contributed by atoms with Gasteiger partial charge in [0.2, 0.25) is 0 Å². The molecule has 0 saturated carbocycles. The molecule has 10 heteroatoms. The van der Waals surface area contributed by atoms with Crippen LogP contribution < -0.4 is 18.9 Å². The van der Waals surface area contributed by atoms with E-state index in [4.69, 9.17) is 35.3 Å². The molecule has 0 aliphatic heterocycles. The van der Waals surface area contributed by atoms with Crippen LogP contribution in [0.25, 0.3) is 0 Å². The minimum absolute atomic E-state index is 0.196. The molecular formula is C34H33ClO9. The van der Waals surface area contributed by atoms with Crippen LogP contribution in [-0.4, -0.2) is 37.1 Å². The van der Waals surface area contributed by atoms with Crippen LogP contribution in [0, 0.1) is 6.92 Å². The molecule has 0 amide bonds. The van der Waals surface area contributed by atoms with E-state index >= 15 is 0 Å². The van der Waals surface area contributed by atoms with Gasteiger partial charge < -0.3 is 23.7 Å². The molecule has 3 rings (SSSR count). The van der Waals surface area contributed by atoms with Crippen LogP contribution in [0.3, 0.4) is 0 Å². The smallest absolute Gasteiger partial charge is 0.354 e. The topological polar surface area (TPSA) is 114 Å². The van der Waals surface area contributed by atoms with Gasteiger partial charge in [0.05, 0.1) is 24.3 Å². The van der Waals surface area contributed by atoms with E-state index in [0.29, 0.717) is 35.7 Å². The van der Waals surface area contributed by atoms with Gasteiger partial charge in [-0.25, -0.2) is 19.2 Å². The maximum atomic E-state index is 12.7. The Bertz CT molecular complexity index is 1510. The van der Waals surface area contributed by atoms with E-state index in [0.717, 1.165) is 25.7 Å². The first-order chi connectivity index (χ1) is 21.0. The summed E-state index contributed by atoms with van der Waals surface area (Å²) in [4.78, 5) is 48.1. The third-order valence-corrected chi connectivity index (χ3v) is 6.22. The molecule has 9 nitrogen and oxygen atoms in total. The number of rotatable bonds is 15. The summed E-state index contributed by atoms with van der Waals surface area (Å²) in [5.74, 6) is -0.923. The Labute approximate surface area is 261 Å². The molecule has 0 saturated heterocycles. The number of carbonyl (C=O) groups is 4. The summed E-state index contributed by atoms with van der Waals surface area (Å²) in [6, 6.07) is 17.0. The lowest BCUT2D eigenvalue weighted by Crippen LogP contribution is -2.11. The standard InChI is InChI=1S/C34H33ClO9/c1-22(2)31(36)41-20-8-6-5-7-19-40-27-13-9-25(10-14-27)33(38)43-29-17-18-30(23(3)21-29)44-34(39)26-11-15-28(16-12-26)42-32(37)24(4)35/h9-18,21H,1,4-8,19-20H2,2-3H3. The summed E-state index contributed by atoms with van der Waals surface area (Å²) >= 11 is 5.50. The quantitative estimate of drug-likeness (QED) is 0.0756.